The number of ether oxygens (including phenoxy) is 1. The van der Waals surface area contributed by atoms with Gasteiger partial charge in [0.15, 0.2) is 0 Å². The first-order valence-electron chi connectivity index (χ1n) is 13.6. The molecule has 0 aliphatic rings. The summed E-state index contributed by atoms with van der Waals surface area (Å²) in [7, 11) is 0. The Kier molecular flexibility index (Phi) is 19.2. The highest BCUT2D eigenvalue weighted by Gasteiger charge is 2.76. The van der Waals surface area contributed by atoms with E-state index >= 15 is 0 Å². The van der Waals surface area contributed by atoms with Crippen molar-refractivity contribution in [3.8, 4) is 0 Å². The number of rotatable bonds is 23. The Labute approximate surface area is 226 Å². The molecule has 226 valence electrons. The van der Waals surface area contributed by atoms with Crippen LogP contribution in [0.2, 0.25) is 0 Å². The number of amides is 1. The van der Waals surface area contributed by atoms with Crippen LogP contribution in [0.1, 0.15) is 110 Å². The largest absolute Gasteiger partial charge is 0.464 e. The highest BCUT2D eigenvalue weighted by atomic mass is 32.2. The molecule has 0 spiro atoms. The van der Waals surface area contributed by atoms with Gasteiger partial charge in [0.25, 0.3) is 5.91 Å². The lowest BCUT2D eigenvalue weighted by Gasteiger charge is -2.28. The van der Waals surface area contributed by atoms with Crippen LogP contribution >= 0.6 is 11.8 Å². The summed E-state index contributed by atoms with van der Waals surface area (Å²) in [6.07, 6.45) is 11.7. The zero-order valence-electron chi connectivity index (χ0n) is 22.6. The van der Waals surface area contributed by atoms with Crippen LogP contribution in [-0.2, 0) is 14.3 Å². The molecule has 1 amide bonds. The van der Waals surface area contributed by atoms with Gasteiger partial charge in [-0.05, 0) is 24.9 Å². The molecular formula is C26H44F7NO3S. The van der Waals surface area contributed by atoms with E-state index in [1.165, 1.54) is 81.3 Å². The van der Waals surface area contributed by atoms with Gasteiger partial charge < -0.3 is 10.1 Å². The van der Waals surface area contributed by atoms with E-state index in [1.54, 1.807) is 6.26 Å². The van der Waals surface area contributed by atoms with Gasteiger partial charge >= 0.3 is 24.0 Å². The van der Waals surface area contributed by atoms with Gasteiger partial charge in [0.05, 0.1) is 6.61 Å². The summed E-state index contributed by atoms with van der Waals surface area (Å²) < 4.78 is 95.4. The van der Waals surface area contributed by atoms with Crippen LogP contribution in [0.5, 0.6) is 0 Å². The van der Waals surface area contributed by atoms with Crippen LogP contribution in [0.25, 0.3) is 0 Å². The topological polar surface area (TPSA) is 55.4 Å². The summed E-state index contributed by atoms with van der Waals surface area (Å²) in [5.41, 5.74) is 0. The van der Waals surface area contributed by atoms with Crippen molar-refractivity contribution in [3.63, 3.8) is 0 Å². The maximum absolute atomic E-state index is 13.6. The number of unbranched alkanes of at least 4 members (excludes halogenated alkanes) is 14. The number of hydrogen-bond donors (Lipinski definition) is 1. The quantitative estimate of drug-likeness (QED) is 0.0745. The fraction of sp³-hybridized carbons (Fsp3) is 0.923. The second-order valence-corrected chi connectivity index (χ2v) is 10.6. The van der Waals surface area contributed by atoms with Gasteiger partial charge in [-0.2, -0.15) is 42.5 Å². The van der Waals surface area contributed by atoms with Gasteiger partial charge in [-0.1, -0.05) is 96.8 Å². The van der Waals surface area contributed by atoms with Crippen molar-refractivity contribution in [1.29, 1.82) is 0 Å². The van der Waals surface area contributed by atoms with E-state index in [1.807, 2.05) is 0 Å². The van der Waals surface area contributed by atoms with E-state index in [9.17, 15) is 40.3 Å². The first kappa shape index (κ1) is 36.8. The number of carbonyl (C=O) groups is 2. The Morgan fingerprint density at radius 2 is 1.16 bits per heavy atom. The molecule has 38 heavy (non-hydrogen) atoms. The molecule has 1 atom stereocenters. The van der Waals surface area contributed by atoms with Gasteiger partial charge in [0, 0.05) is 0 Å². The van der Waals surface area contributed by atoms with Crippen molar-refractivity contribution in [3.05, 3.63) is 0 Å². The monoisotopic (exact) mass is 583 g/mol. The van der Waals surface area contributed by atoms with Crippen molar-refractivity contribution < 1.29 is 45.1 Å². The van der Waals surface area contributed by atoms with E-state index in [4.69, 9.17) is 4.74 Å². The molecule has 0 fully saturated rings. The number of halogens is 7. The van der Waals surface area contributed by atoms with Gasteiger partial charge in [-0.15, -0.1) is 0 Å². The molecule has 1 N–H and O–H groups in total. The van der Waals surface area contributed by atoms with Crippen LogP contribution in [0.15, 0.2) is 0 Å². The summed E-state index contributed by atoms with van der Waals surface area (Å²) >= 11 is 1.17. The lowest BCUT2D eigenvalue weighted by Crippen LogP contribution is -2.61. The molecule has 0 saturated carbocycles. The molecular weight excluding hydrogens is 539 g/mol. The third-order valence-corrected chi connectivity index (χ3v) is 6.87. The predicted molar refractivity (Wildman–Crippen MR) is 137 cm³/mol. The van der Waals surface area contributed by atoms with Gasteiger partial charge in [0.2, 0.25) is 0 Å². The van der Waals surface area contributed by atoms with Crippen LogP contribution in [-0.4, -0.2) is 54.6 Å². The molecule has 0 heterocycles. The second-order valence-electron chi connectivity index (χ2n) is 9.57. The molecule has 0 aromatic rings. The van der Waals surface area contributed by atoms with E-state index in [-0.39, 0.29) is 18.8 Å². The van der Waals surface area contributed by atoms with Crippen molar-refractivity contribution in [2.24, 2.45) is 0 Å². The summed E-state index contributed by atoms with van der Waals surface area (Å²) in [4.78, 5) is 23.8. The Bertz CT molecular complexity index is 649. The van der Waals surface area contributed by atoms with Crippen molar-refractivity contribution in [2.45, 2.75) is 134 Å². The van der Waals surface area contributed by atoms with Crippen molar-refractivity contribution >= 4 is 23.6 Å². The van der Waals surface area contributed by atoms with Crippen LogP contribution < -0.4 is 5.32 Å². The molecule has 0 aromatic carbocycles. The minimum absolute atomic E-state index is 0.0716. The standard InChI is InChI=1S/C26H44F7NO3S/c1-3-4-5-6-7-8-9-10-11-12-13-14-15-16-17-19-37-22(35)21(18-20-38-2)34-23(36)24(27,28)25(29,30)26(31,32)33/h21H,3-20H2,1-2H3,(H,34,36). The number of esters is 1. The van der Waals surface area contributed by atoms with Gasteiger partial charge in [-0.25, -0.2) is 4.79 Å². The average molecular weight is 584 g/mol. The van der Waals surface area contributed by atoms with Gasteiger partial charge in [-0.3, -0.25) is 4.79 Å². The average Bonchev–Trinajstić information content (AvgIpc) is 2.85. The molecule has 0 aromatic heterocycles. The number of hydrogen-bond acceptors (Lipinski definition) is 4. The van der Waals surface area contributed by atoms with Crippen molar-refractivity contribution in [2.75, 3.05) is 18.6 Å². The fourth-order valence-electron chi connectivity index (χ4n) is 3.80. The smallest absolute Gasteiger partial charge is 0.460 e. The molecule has 4 nitrogen and oxygen atoms in total. The first-order valence-corrected chi connectivity index (χ1v) is 15.0. The first-order chi connectivity index (χ1) is 17.8. The fourth-order valence-corrected chi connectivity index (χ4v) is 4.27. The number of alkyl halides is 7. The maximum atomic E-state index is 13.6. The lowest BCUT2D eigenvalue weighted by atomic mass is 10.0. The Balaban J connectivity index is 4.20. The maximum Gasteiger partial charge on any atom is 0.460 e. The summed E-state index contributed by atoms with van der Waals surface area (Å²) in [5.74, 6) is -16.6. The molecule has 0 aliphatic carbocycles. The normalized spacial score (nSPS) is 13.4. The van der Waals surface area contributed by atoms with E-state index < -0.39 is 35.9 Å². The highest BCUT2D eigenvalue weighted by Crippen LogP contribution is 2.46. The van der Waals surface area contributed by atoms with Gasteiger partial charge in [0.1, 0.15) is 6.04 Å². The summed E-state index contributed by atoms with van der Waals surface area (Å²) in [6.45, 7) is 2.14. The van der Waals surface area contributed by atoms with Crippen LogP contribution in [0, 0.1) is 0 Å². The number of thioether (sulfide) groups is 1. The molecule has 0 saturated heterocycles. The predicted octanol–water partition coefficient (Wildman–Crippen LogP) is 8.47. The molecule has 0 rings (SSSR count). The third kappa shape index (κ3) is 14.3. The second kappa shape index (κ2) is 19.8. The van der Waals surface area contributed by atoms with E-state index in [0.717, 1.165) is 25.7 Å². The molecule has 0 bridgehead atoms. The Hall–Kier alpha value is -1.20. The summed E-state index contributed by atoms with van der Waals surface area (Å²) in [5, 5.41) is 1.32. The SMILES string of the molecule is CCCCCCCCCCCCCCCCCOC(=O)C(CCSC)NC(=O)C(F)(F)C(F)(F)C(F)(F)F. The van der Waals surface area contributed by atoms with E-state index in [0.29, 0.717) is 6.42 Å². The third-order valence-electron chi connectivity index (χ3n) is 6.23. The lowest BCUT2D eigenvalue weighted by molar-refractivity contribution is -0.344. The van der Waals surface area contributed by atoms with E-state index in [2.05, 4.69) is 6.92 Å². The molecule has 1 unspecified atom stereocenters. The molecule has 0 aliphatic heterocycles. The Morgan fingerprint density at radius 1 is 0.737 bits per heavy atom. The number of carbonyl (C=O) groups excluding carboxylic acids is 2. The number of nitrogens with one attached hydrogen (secondary N) is 1. The van der Waals surface area contributed by atoms with Crippen molar-refractivity contribution in [1.82, 2.24) is 5.32 Å². The zero-order valence-corrected chi connectivity index (χ0v) is 23.4. The summed E-state index contributed by atoms with van der Waals surface area (Å²) in [6, 6.07) is -1.76. The minimum Gasteiger partial charge on any atom is -0.464 e. The van der Waals surface area contributed by atoms with Crippen LogP contribution in [0.3, 0.4) is 0 Å². The minimum atomic E-state index is -6.64. The molecule has 12 heteroatoms. The van der Waals surface area contributed by atoms with Crippen LogP contribution in [0.4, 0.5) is 30.7 Å². The Morgan fingerprint density at radius 3 is 1.55 bits per heavy atom. The highest BCUT2D eigenvalue weighted by molar-refractivity contribution is 7.98. The molecule has 0 radical (unpaired) electrons. The zero-order chi connectivity index (χ0) is 29.1.